The van der Waals surface area contributed by atoms with Crippen LogP contribution in [0.1, 0.15) is 49.5 Å². The number of piperidine rings is 1. The van der Waals surface area contributed by atoms with E-state index < -0.39 is 11.6 Å². The number of thioether (sulfide) groups is 1. The molecule has 160 valence electrons. The summed E-state index contributed by atoms with van der Waals surface area (Å²) in [4.78, 5) is 27.9. The molecule has 0 spiro atoms. The molecule has 1 saturated heterocycles. The highest BCUT2D eigenvalue weighted by molar-refractivity contribution is 8.00. The predicted molar refractivity (Wildman–Crippen MR) is 116 cm³/mol. The van der Waals surface area contributed by atoms with Gasteiger partial charge in [-0.25, -0.2) is 8.78 Å². The second-order valence-corrected chi connectivity index (χ2v) is 9.76. The first kappa shape index (κ1) is 22.5. The highest BCUT2D eigenvalue weighted by atomic mass is 32.2. The van der Waals surface area contributed by atoms with Crippen LogP contribution in [0.3, 0.4) is 0 Å². The summed E-state index contributed by atoms with van der Waals surface area (Å²) < 4.78 is 27.3. The van der Waals surface area contributed by atoms with Gasteiger partial charge in [0.05, 0.1) is 11.3 Å². The van der Waals surface area contributed by atoms with Gasteiger partial charge in [0.1, 0.15) is 11.6 Å². The standard InChI is InChI=1S/C24H27F2NO2S/c1-24(2,3)17-4-7-19(8-5-17)30-15-22(28)27-12-10-16(11-13-27)23(29)20-14-18(25)6-9-21(20)26/h4-9,14,16H,10-13,15H2,1-3H3. The minimum Gasteiger partial charge on any atom is -0.342 e. The van der Waals surface area contributed by atoms with Crippen molar-refractivity contribution >= 4 is 23.5 Å². The van der Waals surface area contributed by atoms with Gasteiger partial charge >= 0.3 is 0 Å². The summed E-state index contributed by atoms with van der Waals surface area (Å²) in [5.41, 5.74) is 1.14. The molecule has 1 aliphatic heterocycles. The van der Waals surface area contributed by atoms with Crippen LogP contribution in [0.5, 0.6) is 0 Å². The maximum atomic E-state index is 13.9. The number of likely N-dealkylation sites (tertiary alicyclic amines) is 1. The summed E-state index contributed by atoms with van der Waals surface area (Å²) in [5.74, 6) is -1.72. The third-order valence-corrected chi connectivity index (χ3v) is 6.49. The number of hydrogen-bond acceptors (Lipinski definition) is 3. The van der Waals surface area contributed by atoms with Gasteiger partial charge in [0.15, 0.2) is 5.78 Å². The van der Waals surface area contributed by atoms with Crippen LogP contribution in [0, 0.1) is 17.6 Å². The quantitative estimate of drug-likeness (QED) is 0.465. The molecule has 0 radical (unpaired) electrons. The smallest absolute Gasteiger partial charge is 0.232 e. The molecule has 3 nitrogen and oxygen atoms in total. The number of carbonyl (C=O) groups is 2. The van der Waals surface area contributed by atoms with E-state index in [2.05, 4.69) is 32.9 Å². The average Bonchev–Trinajstić information content (AvgIpc) is 2.73. The van der Waals surface area contributed by atoms with E-state index in [1.807, 2.05) is 12.1 Å². The summed E-state index contributed by atoms with van der Waals surface area (Å²) in [5, 5.41) is 0. The molecule has 30 heavy (non-hydrogen) atoms. The Hall–Kier alpha value is -2.21. The molecule has 2 aromatic carbocycles. The third kappa shape index (κ3) is 5.48. The van der Waals surface area contributed by atoms with Gasteiger partial charge < -0.3 is 4.90 Å². The second kappa shape index (κ2) is 9.29. The first-order valence-electron chi connectivity index (χ1n) is 10.2. The Balaban J connectivity index is 1.50. The van der Waals surface area contributed by atoms with Gasteiger partial charge in [0, 0.05) is 23.9 Å². The molecule has 0 unspecified atom stereocenters. The van der Waals surface area contributed by atoms with Crippen LogP contribution in [0.2, 0.25) is 0 Å². The van der Waals surface area contributed by atoms with Crippen molar-refractivity contribution in [2.75, 3.05) is 18.8 Å². The summed E-state index contributed by atoms with van der Waals surface area (Å²) in [7, 11) is 0. The molecule has 0 bridgehead atoms. The Labute approximate surface area is 180 Å². The molecular weight excluding hydrogens is 404 g/mol. The Morgan fingerprint density at radius 2 is 1.67 bits per heavy atom. The molecule has 1 heterocycles. The molecule has 0 saturated carbocycles. The van der Waals surface area contributed by atoms with Gasteiger partial charge in [-0.1, -0.05) is 32.9 Å². The monoisotopic (exact) mass is 431 g/mol. The average molecular weight is 432 g/mol. The van der Waals surface area contributed by atoms with Crippen molar-refractivity contribution in [2.24, 2.45) is 5.92 Å². The highest BCUT2D eigenvalue weighted by Crippen LogP contribution is 2.27. The van der Waals surface area contributed by atoms with Crippen molar-refractivity contribution in [1.29, 1.82) is 0 Å². The second-order valence-electron chi connectivity index (χ2n) is 8.71. The number of amides is 1. The van der Waals surface area contributed by atoms with E-state index in [4.69, 9.17) is 0 Å². The Morgan fingerprint density at radius 3 is 2.27 bits per heavy atom. The van der Waals surface area contributed by atoms with Gasteiger partial charge in [0.25, 0.3) is 0 Å². The summed E-state index contributed by atoms with van der Waals surface area (Å²) in [6.07, 6.45) is 0.928. The molecule has 2 aromatic rings. The Kier molecular flexibility index (Phi) is 6.96. The fourth-order valence-corrected chi connectivity index (χ4v) is 4.39. The first-order valence-corrected chi connectivity index (χ1v) is 11.1. The normalized spacial score (nSPS) is 15.3. The third-order valence-electron chi connectivity index (χ3n) is 5.49. The SMILES string of the molecule is CC(C)(C)c1ccc(SCC(=O)N2CCC(C(=O)c3cc(F)ccc3F)CC2)cc1. The zero-order chi connectivity index (χ0) is 21.9. The van der Waals surface area contributed by atoms with Gasteiger partial charge in [0.2, 0.25) is 5.91 Å². The van der Waals surface area contributed by atoms with Crippen LogP contribution in [-0.2, 0) is 10.2 Å². The maximum absolute atomic E-state index is 13.9. The molecule has 6 heteroatoms. The lowest BCUT2D eigenvalue weighted by Gasteiger charge is -2.31. The zero-order valence-electron chi connectivity index (χ0n) is 17.6. The number of ketones is 1. The largest absolute Gasteiger partial charge is 0.342 e. The van der Waals surface area contributed by atoms with Crippen molar-refractivity contribution in [1.82, 2.24) is 4.90 Å². The molecule has 0 aliphatic carbocycles. The van der Waals surface area contributed by atoms with E-state index in [0.717, 1.165) is 23.1 Å². The lowest BCUT2D eigenvalue weighted by Crippen LogP contribution is -2.41. The number of hydrogen-bond donors (Lipinski definition) is 0. The fraction of sp³-hybridized carbons (Fsp3) is 0.417. The Morgan fingerprint density at radius 1 is 1.03 bits per heavy atom. The number of benzene rings is 2. The lowest BCUT2D eigenvalue weighted by atomic mass is 9.87. The van der Waals surface area contributed by atoms with E-state index >= 15 is 0 Å². The van der Waals surface area contributed by atoms with Crippen molar-refractivity contribution in [3.8, 4) is 0 Å². The highest BCUT2D eigenvalue weighted by Gasteiger charge is 2.29. The molecule has 3 rings (SSSR count). The van der Waals surface area contributed by atoms with Crippen LogP contribution >= 0.6 is 11.8 Å². The van der Waals surface area contributed by atoms with Crippen LogP contribution in [0.25, 0.3) is 0 Å². The Bertz CT molecular complexity index is 914. The summed E-state index contributed by atoms with van der Waals surface area (Å²) in [6.45, 7) is 7.40. The summed E-state index contributed by atoms with van der Waals surface area (Å²) in [6, 6.07) is 11.2. The van der Waals surface area contributed by atoms with E-state index in [1.165, 1.54) is 17.3 Å². The number of Topliss-reactive ketones (excluding diaryl/α,β-unsaturated/α-hetero) is 1. The molecule has 1 aliphatic rings. The number of rotatable bonds is 5. The number of halogens is 2. The summed E-state index contributed by atoms with van der Waals surface area (Å²) >= 11 is 1.50. The lowest BCUT2D eigenvalue weighted by molar-refractivity contribution is -0.129. The first-order chi connectivity index (χ1) is 14.1. The fourth-order valence-electron chi connectivity index (χ4n) is 3.58. The number of nitrogens with zero attached hydrogens (tertiary/aromatic N) is 1. The van der Waals surface area contributed by atoms with Crippen molar-refractivity contribution in [3.05, 3.63) is 65.2 Å². The number of carbonyl (C=O) groups excluding carboxylic acids is 2. The molecule has 0 atom stereocenters. The van der Waals surface area contributed by atoms with Crippen molar-refractivity contribution in [2.45, 2.75) is 43.9 Å². The van der Waals surface area contributed by atoms with Crippen molar-refractivity contribution < 1.29 is 18.4 Å². The maximum Gasteiger partial charge on any atom is 0.232 e. The molecule has 1 amide bonds. The van der Waals surface area contributed by atoms with E-state index in [1.54, 1.807) is 4.90 Å². The molecule has 0 N–H and O–H groups in total. The van der Waals surface area contributed by atoms with E-state index in [9.17, 15) is 18.4 Å². The topological polar surface area (TPSA) is 37.4 Å². The van der Waals surface area contributed by atoms with Crippen LogP contribution < -0.4 is 0 Å². The van der Waals surface area contributed by atoms with Crippen LogP contribution in [0.15, 0.2) is 47.4 Å². The van der Waals surface area contributed by atoms with Crippen LogP contribution in [-0.4, -0.2) is 35.4 Å². The minimum atomic E-state index is -0.700. The zero-order valence-corrected chi connectivity index (χ0v) is 18.4. The van der Waals surface area contributed by atoms with E-state index in [0.29, 0.717) is 31.7 Å². The minimum absolute atomic E-state index is 0.0303. The van der Waals surface area contributed by atoms with Gasteiger partial charge in [-0.2, -0.15) is 0 Å². The van der Waals surface area contributed by atoms with Crippen LogP contribution in [0.4, 0.5) is 8.78 Å². The van der Waals surface area contributed by atoms with Gasteiger partial charge in [-0.3, -0.25) is 9.59 Å². The van der Waals surface area contributed by atoms with E-state index in [-0.39, 0.29) is 28.6 Å². The molecule has 0 aromatic heterocycles. The molecular formula is C24H27F2NO2S. The van der Waals surface area contributed by atoms with Gasteiger partial charge in [-0.05, 0) is 54.2 Å². The van der Waals surface area contributed by atoms with Crippen molar-refractivity contribution in [3.63, 3.8) is 0 Å². The molecule has 1 fully saturated rings. The van der Waals surface area contributed by atoms with Gasteiger partial charge in [-0.15, -0.1) is 11.8 Å². The predicted octanol–water partition coefficient (Wildman–Crippen LogP) is 5.48.